The largest absolute Gasteiger partial charge is 0.462 e. The molecule has 0 unspecified atom stereocenters. The third-order valence-electron chi connectivity index (χ3n) is 3.52. The molecule has 0 amide bonds. The first kappa shape index (κ1) is 13.4. The smallest absolute Gasteiger partial charge is 0.306 e. The Bertz CT molecular complexity index is 330. The Hall–Kier alpha value is -1.06. The van der Waals surface area contributed by atoms with E-state index in [1.165, 1.54) is 19.3 Å². The third kappa shape index (κ3) is 4.00. The van der Waals surface area contributed by atoms with Crippen LogP contribution in [0.25, 0.3) is 0 Å². The van der Waals surface area contributed by atoms with Crippen molar-refractivity contribution in [1.29, 1.82) is 0 Å². The Morgan fingerprint density at radius 3 is 2.72 bits per heavy atom. The quantitative estimate of drug-likeness (QED) is 0.723. The summed E-state index contributed by atoms with van der Waals surface area (Å²) in [5, 5.41) is 4.02. The van der Waals surface area contributed by atoms with Crippen LogP contribution in [0, 0.1) is 0 Å². The monoisotopic (exact) mass is 253 g/mol. The van der Waals surface area contributed by atoms with Gasteiger partial charge < -0.3 is 9.57 Å². The second kappa shape index (κ2) is 5.72. The topological polar surface area (TPSA) is 47.9 Å². The molecule has 0 aromatic carbocycles. The SMILES string of the molecule is CC1(C)CC(CCC(=O)OC2CCCCC2)=NO1. The maximum atomic E-state index is 11.7. The summed E-state index contributed by atoms with van der Waals surface area (Å²) in [5.74, 6) is -0.0886. The van der Waals surface area contributed by atoms with Crippen LogP contribution in [-0.2, 0) is 14.4 Å². The molecule has 1 aliphatic heterocycles. The summed E-state index contributed by atoms with van der Waals surface area (Å²) in [5.41, 5.74) is 0.767. The van der Waals surface area contributed by atoms with Crippen LogP contribution in [0.15, 0.2) is 5.16 Å². The highest BCUT2D eigenvalue weighted by Crippen LogP contribution is 2.25. The first-order valence-corrected chi connectivity index (χ1v) is 6.98. The number of oxime groups is 1. The molecule has 1 heterocycles. The van der Waals surface area contributed by atoms with Crippen molar-refractivity contribution in [2.24, 2.45) is 5.16 Å². The average Bonchev–Trinajstić information content (AvgIpc) is 2.68. The summed E-state index contributed by atoms with van der Waals surface area (Å²) < 4.78 is 5.47. The van der Waals surface area contributed by atoms with E-state index in [0.29, 0.717) is 12.8 Å². The lowest BCUT2D eigenvalue weighted by atomic mass is 9.97. The van der Waals surface area contributed by atoms with Gasteiger partial charge in [-0.2, -0.15) is 0 Å². The summed E-state index contributed by atoms with van der Waals surface area (Å²) >= 11 is 0. The van der Waals surface area contributed by atoms with Gasteiger partial charge in [-0.05, 0) is 46.0 Å². The van der Waals surface area contributed by atoms with Crippen molar-refractivity contribution in [3.8, 4) is 0 Å². The van der Waals surface area contributed by atoms with E-state index in [1.807, 2.05) is 13.8 Å². The van der Waals surface area contributed by atoms with Gasteiger partial charge in [-0.1, -0.05) is 11.6 Å². The minimum absolute atomic E-state index is 0.0886. The van der Waals surface area contributed by atoms with E-state index < -0.39 is 0 Å². The fourth-order valence-electron chi connectivity index (χ4n) is 2.55. The first-order valence-electron chi connectivity index (χ1n) is 6.98. The van der Waals surface area contributed by atoms with Gasteiger partial charge in [-0.15, -0.1) is 0 Å². The van der Waals surface area contributed by atoms with Crippen LogP contribution < -0.4 is 0 Å². The van der Waals surface area contributed by atoms with Gasteiger partial charge in [0.1, 0.15) is 11.7 Å². The number of carbonyl (C=O) groups is 1. The van der Waals surface area contributed by atoms with Gasteiger partial charge in [0.25, 0.3) is 0 Å². The molecule has 0 N–H and O–H groups in total. The number of hydrogen-bond acceptors (Lipinski definition) is 4. The van der Waals surface area contributed by atoms with Crippen LogP contribution in [0.5, 0.6) is 0 Å². The standard InChI is InChI=1S/C14H23NO3/c1-14(2)10-11(15-18-14)8-9-13(16)17-12-6-4-3-5-7-12/h12H,3-10H2,1-2H3. The molecule has 0 aromatic heterocycles. The van der Waals surface area contributed by atoms with E-state index in [0.717, 1.165) is 25.0 Å². The molecule has 4 nitrogen and oxygen atoms in total. The molecule has 0 aromatic rings. The van der Waals surface area contributed by atoms with Crippen LogP contribution in [0.3, 0.4) is 0 Å². The van der Waals surface area contributed by atoms with Crippen LogP contribution in [-0.4, -0.2) is 23.4 Å². The molecule has 0 bridgehead atoms. The summed E-state index contributed by atoms with van der Waals surface area (Å²) in [4.78, 5) is 17.0. The van der Waals surface area contributed by atoms with Crippen LogP contribution >= 0.6 is 0 Å². The highest BCUT2D eigenvalue weighted by atomic mass is 16.7. The van der Waals surface area contributed by atoms with Gasteiger partial charge in [0, 0.05) is 6.42 Å². The van der Waals surface area contributed by atoms with Crippen molar-refractivity contribution in [3.63, 3.8) is 0 Å². The zero-order valence-electron chi connectivity index (χ0n) is 11.4. The van der Waals surface area contributed by atoms with E-state index in [1.54, 1.807) is 0 Å². The van der Waals surface area contributed by atoms with Crippen molar-refractivity contribution in [1.82, 2.24) is 0 Å². The van der Waals surface area contributed by atoms with Crippen molar-refractivity contribution >= 4 is 11.7 Å². The second-order valence-corrected chi connectivity index (χ2v) is 5.94. The molecule has 0 atom stereocenters. The number of esters is 1. The normalized spacial score (nSPS) is 23.3. The molecular weight excluding hydrogens is 230 g/mol. The predicted octanol–water partition coefficient (Wildman–Crippen LogP) is 3.20. The number of ether oxygens (including phenoxy) is 1. The Morgan fingerprint density at radius 2 is 2.11 bits per heavy atom. The van der Waals surface area contributed by atoms with Crippen LogP contribution in [0.4, 0.5) is 0 Å². The lowest BCUT2D eigenvalue weighted by Crippen LogP contribution is -2.22. The molecule has 1 saturated carbocycles. The predicted molar refractivity (Wildman–Crippen MR) is 69.4 cm³/mol. The Morgan fingerprint density at radius 1 is 1.39 bits per heavy atom. The Labute approximate surface area is 109 Å². The van der Waals surface area contributed by atoms with Crippen LogP contribution in [0.2, 0.25) is 0 Å². The maximum Gasteiger partial charge on any atom is 0.306 e. The molecule has 1 aliphatic carbocycles. The Kier molecular flexibility index (Phi) is 4.25. The molecule has 4 heteroatoms. The van der Waals surface area contributed by atoms with Crippen molar-refractivity contribution < 1.29 is 14.4 Å². The van der Waals surface area contributed by atoms with Gasteiger partial charge in [0.05, 0.1) is 12.1 Å². The van der Waals surface area contributed by atoms with E-state index >= 15 is 0 Å². The lowest BCUT2D eigenvalue weighted by Gasteiger charge is -2.21. The van der Waals surface area contributed by atoms with Crippen molar-refractivity contribution in [2.45, 2.75) is 76.9 Å². The maximum absolute atomic E-state index is 11.7. The van der Waals surface area contributed by atoms with Gasteiger partial charge >= 0.3 is 5.97 Å². The van der Waals surface area contributed by atoms with E-state index in [9.17, 15) is 4.79 Å². The molecule has 2 rings (SSSR count). The number of hydrogen-bond donors (Lipinski definition) is 0. The highest BCUT2D eigenvalue weighted by molar-refractivity contribution is 5.88. The van der Waals surface area contributed by atoms with E-state index in [4.69, 9.17) is 9.57 Å². The summed E-state index contributed by atoms with van der Waals surface area (Å²) in [6.45, 7) is 4.01. The van der Waals surface area contributed by atoms with Gasteiger partial charge in [0.15, 0.2) is 0 Å². The summed E-state index contributed by atoms with van der Waals surface area (Å²) in [6, 6.07) is 0. The van der Waals surface area contributed by atoms with Gasteiger partial charge in [-0.25, -0.2) is 0 Å². The van der Waals surface area contributed by atoms with Gasteiger partial charge in [0.2, 0.25) is 0 Å². The minimum Gasteiger partial charge on any atom is -0.462 e. The highest BCUT2D eigenvalue weighted by Gasteiger charge is 2.29. The molecular formula is C14H23NO3. The first-order chi connectivity index (χ1) is 8.55. The molecule has 1 fully saturated rings. The molecule has 18 heavy (non-hydrogen) atoms. The number of carbonyl (C=O) groups excluding carboxylic acids is 1. The molecule has 2 aliphatic rings. The molecule has 0 saturated heterocycles. The average molecular weight is 253 g/mol. The zero-order valence-corrected chi connectivity index (χ0v) is 11.4. The fraction of sp³-hybridized carbons (Fsp3) is 0.857. The summed E-state index contributed by atoms with van der Waals surface area (Å²) in [7, 11) is 0. The van der Waals surface area contributed by atoms with E-state index in [2.05, 4.69) is 5.16 Å². The van der Waals surface area contributed by atoms with E-state index in [-0.39, 0.29) is 17.7 Å². The Balaban J connectivity index is 1.66. The lowest BCUT2D eigenvalue weighted by molar-refractivity contribution is -0.150. The molecule has 102 valence electrons. The molecule has 0 spiro atoms. The van der Waals surface area contributed by atoms with Crippen molar-refractivity contribution in [2.75, 3.05) is 0 Å². The number of rotatable bonds is 4. The van der Waals surface area contributed by atoms with Crippen LogP contribution in [0.1, 0.15) is 65.2 Å². The zero-order chi connectivity index (χ0) is 13.0. The van der Waals surface area contributed by atoms with Gasteiger partial charge in [-0.3, -0.25) is 4.79 Å². The number of nitrogens with zero attached hydrogens (tertiary/aromatic N) is 1. The van der Waals surface area contributed by atoms with Crippen molar-refractivity contribution in [3.05, 3.63) is 0 Å². The second-order valence-electron chi connectivity index (χ2n) is 5.94. The summed E-state index contributed by atoms with van der Waals surface area (Å²) in [6.07, 6.45) is 7.76. The minimum atomic E-state index is -0.206. The molecule has 0 radical (unpaired) electrons. The third-order valence-corrected chi connectivity index (χ3v) is 3.52. The fourth-order valence-corrected chi connectivity index (χ4v) is 2.55.